The number of benzene rings is 2. The van der Waals surface area contributed by atoms with Crippen LogP contribution in [-0.4, -0.2) is 45.0 Å². The van der Waals surface area contributed by atoms with Crippen LogP contribution in [0.3, 0.4) is 0 Å². The smallest absolute Gasteiger partial charge is 0.331 e. The van der Waals surface area contributed by atoms with Crippen molar-refractivity contribution >= 4 is 23.6 Å². The summed E-state index contributed by atoms with van der Waals surface area (Å²) in [5.41, 5.74) is 1.50. The molecule has 2 aromatic carbocycles. The first-order valence-electron chi connectivity index (χ1n) is 10.6. The summed E-state index contributed by atoms with van der Waals surface area (Å²) in [6.07, 6.45) is 4.75. The molecule has 2 unspecified atom stereocenters. The average molecular weight is 450 g/mol. The summed E-state index contributed by atoms with van der Waals surface area (Å²) >= 11 is 0. The number of amides is 1. The SMILES string of the molecule is C=C[C@H]1C(=O)N(C(C(=O)OCc2ccc([N+](=O)[O-])cc2)C(C)O)[C@H]1C/C=C/c1ccccc1. The molecule has 0 saturated carbocycles. The molecule has 4 atom stereocenters. The molecule has 172 valence electrons. The molecule has 0 aliphatic carbocycles. The number of hydrogen-bond donors (Lipinski definition) is 1. The van der Waals surface area contributed by atoms with Gasteiger partial charge in [-0.1, -0.05) is 48.6 Å². The lowest BCUT2D eigenvalue weighted by atomic mass is 9.82. The molecule has 0 radical (unpaired) electrons. The Labute approximate surface area is 191 Å². The molecular weight excluding hydrogens is 424 g/mol. The zero-order valence-corrected chi connectivity index (χ0v) is 18.2. The molecule has 1 aliphatic rings. The van der Waals surface area contributed by atoms with Crippen LogP contribution in [0.15, 0.2) is 73.3 Å². The second-order valence-corrected chi connectivity index (χ2v) is 7.84. The minimum atomic E-state index is -1.16. The van der Waals surface area contributed by atoms with Crippen LogP contribution in [0.4, 0.5) is 5.69 Å². The van der Waals surface area contributed by atoms with Gasteiger partial charge in [0.15, 0.2) is 6.04 Å². The minimum absolute atomic E-state index is 0.0695. The summed E-state index contributed by atoms with van der Waals surface area (Å²) in [5, 5.41) is 21.1. The molecule has 0 bridgehead atoms. The summed E-state index contributed by atoms with van der Waals surface area (Å²) < 4.78 is 5.34. The lowest BCUT2D eigenvalue weighted by Gasteiger charge is -2.49. The van der Waals surface area contributed by atoms with Gasteiger partial charge in [0.25, 0.3) is 5.69 Å². The molecule has 1 N–H and O–H groups in total. The van der Waals surface area contributed by atoms with Crippen LogP contribution in [-0.2, 0) is 20.9 Å². The van der Waals surface area contributed by atoms with Crippen molar-refractivity contribution in [3.05, 3.63) is 94.6 Å². The Kier molecular flexibility index (Phi) is 7.74. The van der Waals surface area contributed by atoms with E-state index in [1.54, 1.807) is 6.08 Å². The first kappa shape index (κ1) is 23.9. The number of likely N-dealkylation sites (tertiary alicyclic amines) is 1. The molecule has 0 aromatic heterocycles. The maximum atomic E-state index is 12.8. The van der Waals surface area contributed by atoms with Crippen molar-refractivity contribution < 1.29 is 24.4 Å². The predicted octanol–water partition coefficient (Wildman–Crippen LogP) is 3.50. The fraction of sp³-hybridized carbons (Fsp3) is 0.280. The first-order chi connectivity index (χ1) is 15.8. The summed E-state index contributed by atoms with van der Waals surface area (Å²) in [6, 6.07) is 13.8. The Morgan fingerprint density at radius 3 is 2.48 bits per heavy atom. The van der Waals surface area contributed by atoms with Crippen LogP contribution >= 0.6 is 0 Å². The zero-order valence-electron chi connectivity index (χ0n) is 18.2. The highest BCUT2D eigenvalue weighted by molar-refractivity contribution is 5.92. The van der Waals surface area contributed by atoms with Crippen LogP contribution in [0.25, 0.3) is 6.08 Å². The molecule has 1 saturated heterocycles. The number of β-lactam (4-membered cyclic amide) rings is 1. The number of carbonyl (C=O) groups excluding carboxylic acids is 2. The number of aliphatic hydroxyl groups is 1. The lowest BCUT2D eigenvalue weighted by Crippen LogP contribution is -2.67. The molecule has 0 spiro atoms. The molecular formula is C25H26N2O6. The minimum Gasteiger partial charge on any atom is -0.459 e. The molecule has 1 amide bonds. The van der Waals surface area contributed by atoms with Crippen molar-refractivity contribution in [2.24, 2.45) is 5.92 Å². The maximum Gasteiger partial charge on any atom is 0.331 e. The van der Waals surface area contributed by atoms with E-state index in [4.69, 9.17) is 4.74 Å². The van der Waals surface area contributed by atoms with E-state index in [0.29, 0.717) is 12.0 Å². The quantitative estimate of drug-likeness (QED) is 0.195. The van der Waals surface area contributed by atoms with E-state index in [0.717, 1.165) is 5.56 Å². The standard InChI is InChI=1S/C25H26N2O6/c1-3-21-22(11-7-10-18-8-5-4-6-9-18)26(24(21)29)23(17(2)28)25(30)33-16-19-12-14-20(15-13-19)27(31)32/h3-10,12-15,17,21-23,28H,1,11,16H2,2H3/b10-7+/t17?,21-,22+,23?/m1/s1. The molecule has 8 heteroatoms. The molecule has 8 nitrogen and oxygen atoms in total. The maximum absolute atomic E-state index is 12.8. The van der Waals surface area contributed by atoms with Crippen LogP contribution < -0.4 is 0 Å². The van der Waals surface area contributed by atoms with Crippen molar-refractivity contribution in [2.45, 2.75) is 38.1 Å². The largest absolute Gasteiger partial charge is 0.459 e. The van der Waals surface area contributed by atoms with Gasteiger partial charge in [-0.2, -0.15) is 0 Å². The fourth-order valence-corrected chi connectivity index (χ4v) is 3.86. The van der Waals surface area contributed by atoms with Crippen molar-refractivity contribution in [2.75, 3.05) is 0 Å². The number of ether oxygens (including phenoxy) is 1. The van der Waals surface area contributed by atoms with Crippen molar-refractivity contribution in [3.63, 3.8) is 0 Å². The van der Waals surface area contributed by atoms with Gasteiger partial charge in [0, 0.05) is 12.1 Å². The van der Waals surface area contributed by atoms with E-state index in [1.807, 2.05) is 42.5 Å². The molecule has 33 heavy (non-hydrogen) atoms. The Balaban J connectivity index is 1.69. The third kappa shape index (κ3) is 5.53. The monoisotopic (exact) mass is 450 g/mol. The third-order valence-corrected chi connectivity index (χ3v) is 5.58. The van der Waals surface area contributed by atoms with Gasteiger partial charge in [-0.25, -0.2) is 4.79 Å². The number of rotatable bonds is 10. The summed E-state index contributed by atoms with van der Waals surface area (Å²) in [7, 11) is 0. The van der Waals surface area contributed by atoms with E-state index in [9.17, 15) is 24.8 Å². The number of nitro groups is 1. The number of esters is 1. The van der Waals surface area contributed by atoms with Crippen LogP contribution in [0.5, 0.6) is 0 Å². The number of nitro benzene ring substituents is 1. The Bertz CT molecular complexity index is 1030. The van der Waals surface area contributed by atoms with E-state index in [2.05, 4.69) is 6.58 Å². The van der Waals surface area contributed by atoms with Gasteiger partial charge in [0.1, 0.15) is 6.61 Å². The van der Waals surface area contributed by atoms with Gasteiger partial charge in [-0.05, 0) is 36.6 Å². The molecule has 3 rings (SSSR count). The van der Waals surface area contributed by atoms with E-state index in [-0.39, 0.29) is 24.2 Å². The highest BCUT2D eigenvalue weighted by atomic mass is 16.6. The van der Waals surface area contributed by atoms with Crippen molar-refractivity contribution in [1.82, 2.24) is 4.90 Å². The number of non-ortho nitro benzene ring substituents is 1. The van der Waals surface area contributed by atoms with Gasteiger partial charge >= 0.3 is 5.97 Å². The van der Waals surface area contributed by atoms with Gasteiger partial charge in [0.05, 0.1) is 23.0 Å². The summed E-state index contributed by atoms with van der Waals surface area (Å²) in [4.78, 5) is 37.1. The molecule has 1 aliphatic heterocycles. The molecule has 2 aromatic rings. The normalized spacial score (nSPS) is 19.6. The van der Waals surface area contributed by atoms with Crippen molar-refractivity contribution in [1.29, 1.82) is 0 Å². The highest BCUT2D eigenvalue weighted by Gasteiger charge is 2.51. The summed E-state index contributed by atoms with van der Waals surface area (Å²) in [6.45, 7) is 5.03. The Morgan fingerprint density at radius 2 is 1.91 bits per heavy atom. The highest BCUT2D eigenvalue weighted by Crippen LogP contribution is 2.34. The van der Waals surface area contributed by atoms with Gasteiger partial charge in [-0.3, -0.25) is 14.9 Å². The first-order valence-corrected chi connectivity index (χ1v) is 10.6. The molecule has 1 heterocycles. The Morgan fingerprint density at radius 1 is 1.24 bits per heavy atom. The zero-order chi connectivity index (χ0) is 24.0. The van der Waals surface area contributed by atoms with E-state index < -0.39 is 29.0 Å². The molecule has 1 fully saturated rings. The number of hydrogen-bond acceptors (Lipinski definition) is 6. The van der Waals surface area contributed by atoms with Crippen molar-refractivity contribution in [3.8, 4) is 0 Å². The number of nitrogens with zero attached hydrogens (tertiary/aromatic N) is 2. The van der Waals surface area contributed by atoms with Crippen LogP contribution in [0.1, 0.15) is 24.5 Å². The second-order valence-electron chi connectivity index (χ2n) is 7.84. The van der Waals surface area contributed by atoms with Crippen LogP contribution in [0, 0.1) is 16.0 Å². The van der Waals surface area contributed by atoms with Gasteiger partial charge < -0.3 is 14.7 Å². The fourth-order valence-electron chi connectivity index (χ4n) is 3.86. The van der Waals surface area contributed by atoms with E-state index >= 15 is 0 Å². The van der Waals surface area contributed by atoms with E-state index in [1.165, 1.54) is 36.1 Å². The Hall–Kier alpha value is -3.78. The predicted molar refractivity (Wildman–Crippen MR) is 123 cm³/mol. The average Bonchev–Trinajstić information content (AvgIpc) is 2.81. The number of carbonyl (C=O) groups is 2. The van der Waals surface area contributed by atoms with Crippen LogP contribution in [0.2, 0.25) is 0 Å². The lowest BCUT2D eigenvalue weighted by molar-refractivity contribution is -0.384. The number of aliphatic hydroxyl groups excluding tert-OH is 1. The van der Waals surface area contributed by atoms with Gasteiger partial charge in [-0.15, -0.1) is 6.58 Å². The second kappa shape index (κ2) is 10.7. The third-order valence-electron chi connectivity index (χ3n) is 5.58. The topological polar surface area (TPSA) is 110 Å². The summed E-state index contributed by atoms with van der Waals surface area (Å²) in [5.74, 6) is -1.48. The van der Waals surface area contributed by atoms with Gasteiger partial charge in [0.2, 0.25) is 5.91 Å².